The van der Waals surface area contributed by atoms with Gasteiger partial charge in [-0.3, -0.25) is 9.59 Å². The average Bonchev–Trinajstić information content (AvgIpc) is 3.54. The lowest BCUT2D eigenvalue weighted by Gasteiger charge is -2.31. The molecule has 4 aromatic rings. The summed E-state index contributed by atoms with van der Waals surface area (Å²) in [6.45, 7) is 5.06. The maximum absolute atomic E-state index is 13.8. The lowest BCUT2D eigenvalue weighted by molar-refractivity contribution is -0.132. The maximum Gasteiger partial charge on any atom is 0.254 e. The summed E-state index contributed by atoms with van der Waals surface area (Å²) < 4.78 is 10.8. The Balaban J connectivity index is 1.51. The van der Waals surface area contributed by atoms with E-state index in [0.717, 1.165) is 28.0 Å². The lowest BCUT2D eigenvalue weighted by atomic mass is 10.0. The molecule has 0 saturated heterocycles. The molecule has 0 fully saturated rings. The number of thiophene rings is 1. The quantitative estimate of drug-likeness (QED) is 0.175. The average molecular weight is 571 g/mol. The van der Waals surface area contributed by atoms with Gasteiger partial charge in [0.05, 0.1) is 20.8 Å². The van der Waals surface area contributed by atoms with Crippen molar-refractivity contribution in [1.82, 2.24) is 9.80 Å². The summed E-state index contributed by atoms with van der Waals surface area (Å²) in [5, 5.41) is 2.01. The lowest BCUT2D eigenvalue weighted by Crippen LogP contribution is -2.46. The number of amides is 2. The van der Waals surface area contributed by atoms with Gasteiger partial charge in [-0.05, 0) is 72.2 Å². The molecule has 41 heavy (non-hydrogen) atoms. The largest absolute Gasteiger partial charge is 0.493 e. The fraction of sp³-hybridized carbons (Fsp3) is 0.294. The summed E-state index contributed by atoms with van der Waals surface area (Å²) in [5.41, 5.74) is 3.76. The summed E-state index contributed by atoms with van der Waals surface area (Å²) in [5.74, 6) is 1.12. The monoisotopic (exact) mass is 570 g/mol. The Morgan fingerprint density at radius 3 is 2.20 bits per heavy atom. The van der Waals surface area contributed by atoms with Crippen molar-refractivity contribution in [3.63, 3.8) is 0 Å². The van der Waals surface area contributed by atoms with Crippen molar-refractivity contribution in [2.75, 3.05) is 27.3 Å². The minimum absolute atomic E-state index is 0.0194. The number of hydrogen-bond donors (Lipinski definition) is 0. The van der Waals surface area contributed by atoms with Crippen LogP contribution in [0.2, 0.25) is 0 Å². The second kappa shape index (κ2) is 14.5. The van der Waals surface area contributed by atoms with Crippen LogP contribution in [0, 0.1) is 0 Å². The van der Waals surface area contributed by atoms with Gasteiger partial charge in [-0.1, -0.05) is 61.5 Å². The van der Waals surface area contributed by atoms with Crippen LogP contribution < -0.4 is 9.47 Å². The topological polar surface area (TPSA) is 59.1 Å². The second-order valence-electron chi connectivity index (χ2n) is 9.97. The Bertz CT molecular complexity index is 1400. The van der Waals surface area contributed by atoms with Gasteiger partial charge in [-0.15, -0.1) is 11.3 Å². The van der Waals surface area contributed by atoms with E-state index in [1.165, 1.54) is 0 Å². The van der Waals surface area contributed by atoms with E-state index in [-0.39, 0.29) is 24.4 Å². The highest BCUT2D eigenvalue weighted by Crippen LogP contribution is 2.28. The number of carbonyl (C=O) groups is 2. The van der Waals surface area contributed by atoms with E-state index >= 15 is 0 Å². The molecule has 1 aromatic heterocycles. The van der Waals surface area contributed by atoms with Crippen molar-refractivity contribution < 1.29 is 19.1 Å². The zero-order valence-corrected chi connectivity index (χ0v) is 25.0. The van der Waals surface area contributed by atoms with Gasteiger partial charge in [-0.25, -0.2) is 0 Å². The van der Waals surface area contributed by atoms with Gasteiger partial charge in [0.2, 0.25) is 5.91 Å². The molecule has 0 bridgehead atoms. The first-order valence-corrected chi connectivity index (χ1v) is 14.8. The van der Waals surface area contributed by atoms with Crippen molar-refractivity contribution in [1.29, 1.82) is 0 Å². The molecule has 0 saturated carbocycles. The van der Waals surface area contributed by atoms with Crippen LogP contribution in [0.1, 0.15) is 41.1 Å². The van der Waals surface area contributed by atoms with Crippen LogP contribution in [0.4, 0.5) is 0 Å². The maximum atomic E-state index is 13.8. The van der Waals surface area contributed by atoms with Gasteiger partial charge in [0.15, 0.2) is 11.5 Å². The fourth-order valence-electron chi connectivity index (χ4n) is 4.68. The molecule has 2 amide bonds. The molecule has 0 aliphatic rings. The summed E-state index contributed by atoms with van der Waals surface area (Å²) in [6, 6.07) is 27.5. The van der Waals surface area contributed by atoms with Crippen LogP contribution >= 0.6 is 11.3 Å². The Morgan fingerprint density at radius 2 is 1.56 bits per heavy atom. The van der Waals surface area contributed by atoms with E-state index < -0.39 is 0 Å². The van der Waals surface area contributed by atoms with Gasteiger partial charge < -0.3 is 19.3 Å². The smallest absolute Gasteiger partial charge is 0.254 e. The highest BCUT2D eigenvalue weighted by molar-refractivity contribution is 7.09. The third kappa shape index (κ3) is 7.76. The number of rotatable bonds is 13. The van der Waals surface area contributed by atoms with E-state index in [1.54, 1.807) is 30.5 Å². The van der Waals surface area contributed by atoms with Crippen LogP contribution in [-0.4, -0.2) is 55.0 Å². The molecule has 1 unspecified atom stereocenters. The summed E-state index contributed by atoms with van der Waals surface area (Å²) in [4.78, 5) is 32.2. The van der Waals surface area contributed by atoms with Gasteiger partial charge >= 0.3 is 0 Å². The molecular weight excluding hydrogens is 532 g/mol. The molecule has 0 aliphatic heterocycles. The van der Waals surface area contributed by atoms with Crippen molar-refractivity contribution in [3.8, 4) is 22.6 Å². The van der Waals surface area contributed by atoms with Crippen molar-refractivity contribution >= 4 is 23.2 Å². The molecule has 3 aromatic carbocycles. The first-order chi connectivity index (χ1) is 19.9. The highest BCUT2D eigenvalue weighted by atomic mass is 32.1. The van der Waals surface area contributed by atoms with Gasteiger partial charge in [0.25, 0.3) is 5.91 Å². The predicted molar refractivity (Wildman–Crippen MR) is 166 cm³/mol. The second-order valence-corrected chi connectivity index (χ2v) is 11.0. The normalized spacial score (nSPS) is 11.5. The molecule has 4 rings (SSSR count). The number of benzene rings is 3. The number of ether oxygens (including phenoxy) is 2. The molecule has 0 radical (unpaired) electrons. The molecule has 1 atom stereocenters. The van der Waals surface area contributed by atoms with Crippen LogP contribution in [0.25, 0.3) is 11.1 Å². The van der Waals surface area contributed by atoms with Gasteiger partial charge in [0, 0.05) is 23.0 Å². The molecular formula is C34H38N2O4S. The zero-order valence-electron chi connectivity index (χ0n) is 24.2. The van der Waals surface area contributed by atoms with E-state index in [4.69, 9.17) is 9.47 Å². The molecule has 214 valence electrons. The summed E-state index contributed by atoms with van der Waals surface area (Å²) in [6.07, 6.45) is 1.40. The minimum Gasteiger partial charge on any atom is -0.493 e. The molecule has 0 N–H and O–H groups in total. The Hall–Kier alpha value is -4.10. The van der Waals surface area contributed by atoms with Gasteiger partial charge in [0.1, 0.15) is 6.54 Å². The van der Waals surface area contributed by atoms with E-state index in [2.05, 4.69) is 0 Å². The SMILES string of the molecule is CCC(C)N(CC(=O)N(CCc1ccc(OC)c(OC)c1)Cc1cccs1)C(=O)c1ccc(-c2ccccc2)cc1. The number of nitrogens with zero attached hydrogens (tertiary/aromatic N) is 2. The Labute approximate surface area is 247 Å². The number of carbonyl (C=O) groups excluding carboxylic acids is 2. The summed E-state index contributed by atoms with van der Waals surface area (Å²) in [7, 11) is 3.23. The summed E-state index contributed by atoms with van der Waals surface area (Å²) >= 11 is 1.62. The number of methoxy groups -OCH3 is 2. The zero-order chi connectivity index (χ0) is 29.2. The molecule has 0 spiro atoms. The van der Waals surface area contributed by atoms with E-state index in [1.807, 2.05) is 109 Å². The molecule has 6 nitrogen and oxygen atoms in total. The molecule has 0 aliphatic carbocycles. The number of hydrogen-bond acceptors (Lipinski definition) is 5. The van der Waals surface area contributed by atoms with E-state index in [9.17, 15) is 9.59 Å². The fourth-order valence-corrected chi connectivity index (χ4v) is 5.40. The van der Waals surface area contributed by atoms with Crippen LogP contribution in [0.3, 0.4) is 0 Å². The Morgan fingerprint density at radius 1 is 0.854 bits per heavy atom. The van der Waals surface area contributed by atoms with Crippen molar-refractivity contribution in [2.45, 2.75) is 39.3 Å². The van der Waals surface area contributed by atoms with Crippen LogP contribution in [-0.2, 0) is 17.8 Å². The third-order valence-corrected chi connectivity index (χ3v) is 8.19. The minimum atomic E-state index is -0.136. The first-order valence-electron chi connectivity index (χ1n) is 13.9. The van der Waals surface area contributed by atoms with E-state index in [0.29, 0.717) is 36.6 Å². The van der Waals surface area contributed by atoms with Gasteiger partial charge in [-0.2, -0.15) is 0 Å². The molecule has 1 heterocycles. The highest BCUT2D eigenvalue weighted by Gasteiger charge is 2.26. The molecule has 7 heteroatoms. The van der Waals surface area contributed by atoms with Crippen molar-refractivity contribution in [3.05, 3.63) is 106 Å². The Kier molecular flexibility index (Phi) is 10.6. The van der Waals surface area contributed by atoms with Crippen molar-refractivity contribution in [2.24, 2.45) is 0 Å². The standard InChI is InChI=1S/C34H38N2O4S/c1-5-25(2)36(34(38)29-16-14-28(15-17-29)27-10-7-6-8-11-27)24-33(37)35(23-30-12-9-21-41-30)20-19-26-13-18-31(39-3)32(22-26)40-4/h6-18,21-22,25H,5,19-20,23-24H2,1-4H3. The third-order valence-electron chi connectivity index (χ3n) is 7.33. The van der Waals surface area contributed by atoms with Crippen LogP contribution in [0.5, 0.6) is 11.5 Å². The predicted octanol–water partition coefficient (Wildman–Crippen LogP) is 6.94. The first kappa shape index (κ1) is 29.9. The van der Waals surface area contributed by atoms with Crippen LogP contribution in [0.15, 0.2) is 90.3 Å².